The molecule has 0 aliphatic heterocycles. The molecular weight excluding hydrogens is 126 g/mol. The number of carbonyl (C=O) groups excluding carboxylic acids is 1. The smallest absolute Gasteiger partial charge is 0.223 e. The van der Waals surface area contributed by atoms with E-state index in [0.717, 1.165) is 6.42 Å². The summed E-state index contributed by atoms with van der Waals surface area (Å²) in [5.74, 6) is 1.87. The summed E-state index contributed by atoms with van der Waals surface area (Å²) in [6, 6.07) is 0. The third kappa shape index (κ3) is 1.31. The van der Waals surface area contributed by atoms with Gasteiger partial charge in [-0.3, -0.25) is 4.79 Å². The Morgan fingerprint density at radius 3 is 2.50 bits per heavy atom. The van der Waals surface area contributed by atoms with Gasteiger partial charge < -0.3 is 5.32 Å². The topological polar surface area (TPSA) is 29.1 Å². The molecule has 58 valence electrons. The molecule has 1 amide bonds. The Labute approximate surface area is 62.0 Å². The quantitative estimate of drug-likeness (QED) is 0.611. The van der Waals surface area contributed by atoms with Gasteiger partial charge in [0.2, 0.25) is 5.91 Å². The maximum Gasteiger partial charge on any atom is 0.223 e. The first-order chi connectivity index (χ1) is 4.66. The second-order valence-electron chi connectivity index (χ2n) is 3.36. The minimum atomic E-state index is 0.221. The van der Waals surface area contributed by atoms with Gasteiger partial charge in [0, 0.05) is 13.0 Å². The summed E-state index contributed by atoms with van der Waals surface area (Å²) in [5, 5.41) is 2.67. The van der Waals surface area contributed by atoms with Gasteiger partial charge in [-0.05, 0) is 18.3 Å². The van der Waals surface area contributed by atoms with Crippen molar-refractivity contribution in [3.8, 4) is 0 Å². The van der Waals surface area contributed by atoms with Crippen LogP contribution in [0.4, 0.5) is 0 Å². The average molecular weight is 141 g/mol. The van der Waals surface area contributed by atoms with Crippen LogP contribution in [0.3, 0.4) is 0 Å². The fraction of sp³-hybridized carbons (Fsp3) is 0.875. The van der Waals surface area contributed by atoms with Crippen LogP contribution in [0.15, 0.2) is 0 Å². The van der Waals surface area contributed by atoms with Crippen LogP contribution in [0, 0.1) is 17.8 Å². The van der Waals surface area contributed by atoms with Gasteiger partial charge in [-0.1, -0.05) is 13.8 Å². The molecule has 2 nitrogen and oxygen atoms in total. The second kappa shape index (κ2) is 2.60. The largest absolute Gasteiger partial charge is 0.359 e. The van der Waals surface area contributed by atoms with E-state index in [1.165, 1.54) is 0 Å². The molecule has 10 heavy (non-hydrogen) atoms. The monoisotopic (exact) mass is 141 g/mol. The van der Waals surface area contributed by atoms with Crippen LogP contribution in [-0.4, -0.2) is 13.0 Å². The number of amides is 1. The zero-order valence-electron chi connectivity index (χ0n) is 6.85. The Bertz CT molecular complexity index is 142. The molecule has 0 heterocycles. The maximum absolute atomic E-state index is 11.0. The summed E-state index contributed by atoms with van der Waals surface area (Å²) >= 11 is 0. The predicted octanol–water partition coefficient (Wildman–Crippen LogP) is 1.02. The van der Waals surface area contributed by atoms with E-state index in [1.54, 1.807) is 7.05 Å². The number of nitrogens with one attached hydrogen (secondary N) is 1. The van der Waals surface area contributed by atoms with Gasteiger partial charge in [0.15, 0.2) is 0 Å². The number of rotatable bonds is 2. The maximum atomic E-state index is 11.0. The van der Waals surface area contributed by atoms with E-state index in [9.17, 15) is 4.79 Å². The Balaban J connectivity index is 2.31. The molecule has 0 aromatic carbocycles. The van der Waals surface area contributed by atoms with Gasteiger partial charge in [-0.2, -0.15) is 0 Å². The van der Waals surface area contributed by atoms with Crippen LogP contribution in [0.2, 0.25) is 0 Å². The summed E-state index contributed by atoms with van der Waals surface area (Å²) in [7, 11) is 1.71. The molecule has 1 rings (SSSR count). The lowest BCUT2D eigenvalue weighted by molar-refractivity contribution is -0.122. The highest BCUT2D eigenvalue weighted by Crippen LogP contribution is 2.43. The van der Waals surface area contributed by atoms with Gasteiger partial charge >= 0.3 is 0 Å². The average Bonchev–Trinajstić information content (AvgIpc) is 2.64. The van der Waals surface area contributed by atoms with Crippen molar-refractivity contribution < 1.29 is 4.79 Å². The fourth-order valence-electron chi connectivity index (χ4n) is 1.44. The SMILES string of the molecule is CNC(=O)[C@@H]1C[C@H]1C(C)C. The second-order valence-corrected chi connectivity index (χ2v) is 3.36. The molecule has 0 unspecified atom stereocenters. The summed E-state index contributed by atoms with van der Waals surface area (Å²) < 4.78 is 0. The Hall–Kier alpha value is -0.530. The van der Waals surface area contributed by atoms with Crippen molar-refractivity contribution in [2.45, 2.75) is 20.3 Å². The van der Waals surface area contributed by atoms with Crippen molar-refractivity contribution in [3.63, 3.8) is 0 Å². The zero-order valence-corrected chi connectivity index (χ0v) is 6.85. The molecule has 0 spiro atoms. The minimum Gasteiger partial charge on any atom is -0.359 e. The number of hydrogen-bond donors (Lipinski definition) is 1. The van der Waals surface area contributed by atoms with Crippen LogP contribution in [0.5, 0.6) is 0 Å². The first-order valence-corrected chi connectivity index (χ1v) is 3.88. The highest BCUT2D eigenvalue weighted by molar-refractivity contribution is 5.81. The van der Waals surface area contributed by atoms with Crippen molar-refractivity contribution in [1.29, 1.82) is 0 Å². The number of carbonyl (C=O) groups is 1. The van der Waals surface area contributed by atoms with E-state index in [4.69, 9.17) is 0 Å². The lowest BCUT2D eigenvalue weighted by Gasteiger charge is -2.01. The fourth-order valence-corrected chi connectivity index (χ4v) is 1.44. The van der Waals surface area contributed by atoms with Crippen LogP contribution >= 0.6 is 0 Å². The standard InChI is InChI=1S/C8H15NO/c1-5(2)6-4-7(6)8(10)9-3/h5-7H,4H2,1-3H3,(H,9,10)/t6-,7+/m0/s1. The third-order valence-electron chi connectivity index (χ3n) is 2.28. The Morgan fingerprint density at radius 2 is 2.20 bits per heavy atom. The third-order valence-corrected chi connectivity index (χ3v) is 2.28. The van der Waals surface area contributed by atoms with Gasteiger partial charge in [-0.25, -0.2) is 0 Å². The normalized spacial score (nSPS) is 30.4. The molecule has 2 atom stereocenters. The Morgan fingerprint density at radius 1 is 1.60 bits per heavy atom. The van der Waals surface area contributed by atoms with Crippen molar-refractivity contribution in [2.24, 2.45) is 17.8 Å². The molecule has 0 saturated heterocycles. The lowest BCUT2D eigenvalue weighted by atomic mass is 10.1. The van der Waals surface area contributed by atoms with E-state index >= 15 is 0 Å². The molecule has 0 radical (unpaired) electrons. The first kappa shape index (κ1) is 7.58. The van der Waals surface area contributed by atoms with Crippen molar-refractivity contribution in [2.75, 3.05) is 7.05 Å². The minimum absolute atomic E-state index is 0.221. The number of hydrogen-bond acceptors (Lipinski definition) is 1. The molecule has 1 fully saturated rings. The molecule has 1 saturated carbocycles. The van der Waals surface area contributed by atoms with E-state index in [2.05, 4.69) is 19.2 Å². The highest BCUT2D eigenvalue weighted by atomic mass is 16.1. The molecule has 1 aliphatic rings. The summed E-state index contributed by atoms with van der Waals surface area (Å²) in [5.41, 5.74) is 0. The van der Waals surface area contributed by atoms with E-state index in [-0.39, 0.29) is 5.91 Å². The van der Waals surface area contributed by atoms with Crippen LogP contribution < -0.4 is 5.32 Å². The summed E-state index contributed by atoms with van der Waals surface area (Å²) in [6.07, 6.45) is 1.09. The molecule has 0 aromatic rings. The van der Waals surface area contributed by atoms with Crippen molar-refractivity contribution >= 4 is 5.91 Å². The molecule has 1 N–H and O–H groups in total. The van der Waals surface area contributed by atoms with Gasteiger partial charge in [-0.15, -0.1) is 0 Å². The lowest BCUT2D eigenvalue weighted by Crippen LogP contribution is -2.21. The van der Waals surface area contributed by atoms with Crippen LogP contribution in [0.1, 0.15) is 20.3 Å². The van der Waals surface area contributed by atoms with E-state index in [0.29, 0.717) is 17.8 Å². The summed E-state index contributed by atoms with van der Waals surface area (Å²) in [6.45, 7) is 4.35. The van der Waals surface area contributed by atoms with Gasteiger partial charge in [0.1, 0.15) is 0 Å². The van der Waals surface area contributed by atoms with Crippen LogP contribution in [0.25, 0.3) is 0 Å². The van der Waals surface area contributed by atoms with Gasteiger partial charge in [0.05, 0.1) is 0 Å². The predicted molar refractivity (Wildman–Crippen MR) is 40.5 cm³/mol. The van der Waals surface area contributed by atoms with E-state index < -0.39 is 0 Å². The van der Waals surface area contributed by atoms with Crippen molar-refractivity contribution in [1.82, 2.24) is 5.32 Å². The molecule has 0 bridgehead atoms. The highest BCUT2D eigenvalue weighted by Gasteiger charge is 2.43. The molecule has 0 aromatic heterocycles. The molecular formula is C8H15NO. The van der Waals surface area contributed by atoms with Gasteiger partial charge in [0.25, 0.3) is 0 Å². The zero-order chi connectivity index (χ0) is 7.72. The molecule has 2 heteroatoms. The van der Waals surface area contributed by atoms with Crippen LogP contribution in [-0.2, 0) is 4.79 Å². The molecule has 1 aliphatic carbocycles. The van der Waals surface area contributed by atoms with Crippen molar-refractivity contribution in [3.05, 3.63) is 0 Å². The Kier molecular flexibility index (Phi) is 1.97. The van der Waals surface area contributed by atoms with E-state index in [1.807, 2.05) is 0 Å². The first-order valence-electron chi connectivity index (χ1n) is 3.88. The summed E-state index contributed by atoms with van der Waals surface area (Å²) in [4.78, 5) is 11.0.